The fourth-order valence-electron chi connectivity index (χ4n) is 3.46. The third kappa shape index (κ3) is 4.55. The first kappa shape index (κ1) is 22.0. The number of rotatable bonds is 5. The second kappa shape index (κ2) is 8.38. The third-order valence-electron chi connectivity index (χ3n) is 5.39. The molecule has 4 rings (SSSR count). The Kier molecular flexibility index (Phi) is 5.59. The number of nitrogens with two attached hydrogens (primary N) is 1. The molecule has 2 amide bonds. The van der Waals surface area contributed by atoms with E-state index in [1.54, 1.807) is 18.2 Å². The molecule has 33 heavy (non-hydrogen) atoms. The lowest BCUT2D eigenvalue weighted by molar-refractivity contribution is 0.0950. The van der Waals surface area contributed by atoms with Crippen LogP contribution in [0.2, 0.25) is 0 Å². The van der Waals surface area contributed by atoms with E-state index < -0.39 is 5.91 Å². The fourth-order valence-corrected chi connectivity index (χ4v) is 3.46. The summed E-state index contributed by atoms with van der Waals surface area (Å²) in [6, 6.07) is 17.4. The van der Waals surface area contributed by atoms with Crippen molar-refractivity contribution < 1.29 is 14.7 Å². The standard InChI is InChI=1S/C25H25N5O3/c1-25(2,3)18-12-17(14-27-24(33)16-8-6-7-15(11-16)23(26)32)22(31)21(13-18)30-28-19-9-4-5-10-20(19)29-30/h4-13,31H,14H2,1-3H3,(H2,26,32)(H,27,33). The summed E-state index contributed by atoms with van der Waals surface area (Å²) in [4.78, 5) is 25.5. The number of hydrogen-bond donors (Lipinski definition) is 3. The van der Waals surface area contributed by atoms with E-state index in [9.17, 15) is 14.7 Å². The molecule has 8 heteroatoms. The van der Waals surface area contributed by atoms with Crippen molar-refractivity contribution in [3.8, 4) is 11.4 Å². The first-order valence-corrected chi connectivity index (χ1v) is 10.5. The zero-order valence-electron chi connectivity index (χ0n) is 18.7. The van der Waals surface area contributed by atoms with Crippen LogP contribution >= 0.6 is 0 Å². The number of carbonyl (C=O) groups is 2. The summed E-state index contributed by atoms with van der Waals surface area (Å²) in [5.41, 5.74) is 8.97. The second-order valence-corrected chi connectivity index (χ2v) is 8.86. The maximum absolute atomic E-state index is 12.7. The van der Waals surface area contributed by atoms with Crippen LogP contribution in [0.5, 0.6) is 5.75 Å². The van der Waals surface area contributed by atoms with Gasteiger partial charge in [-0.2, -0.15) is 0 Å². The zero-order chi connectivity index (χ0) is 23.8. The lowest BCUT2D eigenvalue weighted by atomic mass is 9.85. The number of benzene rings is 3. The number of carbonyl (C=O) groups excluding carboxylic acids is 2. The normalized spacial score (nSPS) is 11.5. The van der Waals surface area contributed by atoms with Crippen LogP contribution in [0.3, 0.4) is 0 Å². The van der Waals surface area contributed by atoms with E-state index in [2.05, 4.69) is 36.3 Å². The molecule has 3 aromatic carbocycles. The molecule has 0 fully saturated rings. The molecule has 1 aromatic heterocycles. The van der Waals surface area contributed by atoms with Gasteiger partial charge in [0.25, 0.3) is 5.91 Å². The molecule has 168 valence electrons. The van der Waals surface area contributed by atoms with Gasteiger partial charge in [0.05, 0.1) is 0 Å². The second-order valence-electron chi connectivity index (χ2n) is 8.86. The van der Waals surface area contributed by atoms with Crippen LogP contribution < -0.4 is 11.1 Å². The number of nitrogens with one attached hydrogen (secondary N) is 1. The number of amides is 2. The van der Waals surface area contributed by atoms with E-state index in [-0.39, 0.29) is 29.2 Å². The van der Waals surface area contributed by atoms with Crippen molar-refractivity contribution in [2.45, 2.75) is 32.7 Å². The molecule has 0 aliphatic carbocycles. The van der Waals surface area contributed by atoms with Crippen molar-refractivity contribution in [3.05, 3.63) is 82.9 Å². The Morgan fingerprint density at radius 1 is 0.970 bits per heavy atom. The summed E-state index contributed by atoms with van der Waals surface area (Å²) >= 11 is 0. The number of phenolic OH excluding ortho intramolecular Hbond substituents is 1. The maximum Gasteiger partial charge on any atom is 0.251 e. The van der Waals surface area contributed by atoms with E-state index in [4.69, 9.17) is 5.73 Å². The molecule has 0 atom stereocenters. The topological polar surface area (TPSA) is 123 Å². The molecule has 0 spiro atoms. The van der Waals surface area contributed by atoms with Gasteiger partial charge in [-0.15, -0.1) is 15.0 Å². The first-order valence-electron chi connectivity index (χ1n) is 10.5. The molecule has 4 aromatic rings. The Bertz CT molecular complexity index is 1340. The highest BCUT2D eigenvalue weighted by molar-refractivity contribution is 5.99. The van der Waals surface area contributed by atoms with Gasteiger partial charge in [-0.05, 0) is 53.4 Å². The summed E-state index contributed by atoms with van der Waals surface area (Å²) in [5.74, 6) is -1.01. The van der Waals surface area contributed by atoms with Crippen LogP contribution in [0.1, 0.15) is 52.6 Å². The van der Waals surface area contributed by atoms with Crippen molar-refractivity contribution in [1.82, 2.24) is 20.3 Å². The minimum Gasteiger partial charge on any atom is -0.505 e. The molecular formula is C25H25N5O3. The molecule has 0 saturated carbocycles. The highest BCUT2D eigenvalue weighted by atomic mass is 16.3. The van der Waals surface area contributed by atoms with Crippen LogP contribution in [0, 0.1) is 0 Å². The van der Waals surface area contributed by atoms with Gasteiger partial charge in [-0.3, -0.25) is 9.59 Å². The number of fused-ring (bicyclic) bond motifs is 1. The van der Waals surface area contributed by atoms with Crippen LogP contribution in [-0.4, -0.2) is 31.9 Å². The molecule has 0 aliphatic heterocycles. The van der Waals surface area contributed by atoms with E-state index >= 15 is 0 Å². The maximum atomic E-state index is 12.7. The SMILES string of the molecule is CC(C)(C)c1cc(CNC(=O)c2cccc(C(N)=O)c2)c(O)c(-n2nc3ccccc3n2)c1. The van der Waals surface area contributed by atoms with Gasteiger partial charge < -0.3 is 16.2 Å². The molecule has 0 bridgehead atoms. The molecule has 1 heterocycles. The van der Waals surface area contributed by atoms with Gasteiger partial charge >= 0.3 is 0 Å². The Labute approximate surface area is 191 Å². The van der Waals surface area contributed by atoms with Crippen LogP contribution in [0.25, 0.3) is 16.7 Å². The number of nitrogens with zero attached hydrogens (tertiary/aromatic N) is 3. The van der Waals surface area contributed by atoms with E-state index in [0.29, 0.717) is 27.8 Å². The largest absolute Gasteiger partial charge is 0.505 e. The van der Waals surface area contributed by atoms with Gasteiger partial charge in [-0.25, -0.2) is 0 Å². The number of phenols is 1. The third-order valence-corrected chi connectivity index (χ3v) is 5.39. The molecule has 0 radical (unpaired) electrons. The minimum atomic E-state index is -0.607. The molecule has 0 unspecified atom stereocenters. The lowest BCUT2D eigenvalue weighted by Gasteiger charge is -2.22. The van der Waals surface area contributed by atoms with Crippen LogP contribution in [0.4, 0.5) is 0 Å². The number of hydrogen-bond acceptors (Lipinski definition) is 5. The monoisotopic (exact) mass is 443 g/mol. The molecule has 4 N–H and O–H groups in total. The molecule has 8 nitrogen and oxygen atoms in total. The molecular weight excluding hydrogens is 418 g/mol. The summed E-state index contributed by atoms with van der Waals surface area (Å²) in [5, 5.41) is 22.8. The molecule has 0 aliphatic rings. The fraction of sp³-hybridized carbons (Fsp3) is 0.200. The minimum absolute atomic E-state index is 0.0190. The average molecular weight is 444 g/mol. The first-order chi connectivity index (χ1) is 15.6. The van der Waals surface area contributed by atoms with Gasteiger partial charge in [0.2, 0.25) is 5.91 Å². The highest BCUT2D eigenvalue weighted by Gasteiger charge is 2.21. The predicted molar refractivity (Wildman–Crippen MR) is 125 cm³/mol. The highest BCUT2D eigenvalue weighted by Crippen LogP contribution is 2.33. The number of primary amides is 1. The van der Waals surface area contributed by atoms with Crippen molar-refractivity contribution in [2.24, 2.45) is 5.73 Å². The lowest BCUT2D eigenvalue weighted by Crippen LogP contribution is -2.24. The average Bonchev–Trinajstić information content (AvgIpc) is 3.21. The van der Waals surface area contributed by atoms with E-state index in [1.807, 2.05) is 36.4 Å². The Balaban J connectivity index is 1.69. The summed E-state index contributed by atoms with van der Waals surface area (Å²) in [7, 11) is 0. The number of aromatic nitrogens is 3. The van der Waals surface area contributed by atoms with Gasteiger partial charge in [0.15, 0.2) is 0 Å². The van der Waals surface area contributed by atoms with Gasteiger partial charge in [0.1, 0.15) is 22.5 Å². The van der Waals surface area contributed by atoms with Gasteiger partial charge in [-0.1, -0.05) is 39.0 Å². The quantitative estimate of drug-likeness (QED) is 0.436. The van der Waals surface area contributed by atoms with Crippen molar-refractivity contribution in [1.29, 1.82) is 0 Å². The van der Waals surface area contributed by atoms with E-state index in [1.165, 1.54) is 10.9 Å². The van der Waals surface area contributed by atoms with Crippen molar-refractivity contribution >= 4 is 22.8 Å². The Hall–Kier alpha value is -4.20. The molecule has 0 saturated heterocycles. The van der Waals surface area contributed by atoms with E-state index in [0.717, 1.165) is 5.56 Å². The summed E-state index contributed by atoms with van der Waals surface area (Å²) in [6.45, 7) is 6.26. The van der Waals surface area contributed by atoms with Crippen LogP contribution in [0.15, 0.2) is 60.7 Å². The van der Waals surface area contributed by atoms with Crippen LogP contribution in [-0.2, 0) is 12.0 Å². The zero-order valence-corrected chi connectivity index (χ0v) is 18.7. The summed E-state index contributed by atoms with van der Waals surface area (Å²) < 4.78 is 0. The number of aromatic hydroxyl groups is 1. The summed E-state index contributed by atoms with van der Waals surface area (Å²) in [6.07, 6.45) is 0. The predicted octanol–water partition coefficient (Wildman–Crippen LogP) is 3.45. The van der Waals surface area contributed by atoms with Crippen molar-refractivity contribution in [2.75, 3.05) is 0 Å². The van der Waals surface area contributed by atoms with Crippen molar-refractivity contribution in [3.63, 3.8) is 0 Å². The van der Waals surface area contributed by atoms with Gasteiger partial charge in [0, 0.05) is 23.2 Å². The Morgan fingerprint density at radius 3 is 2.21 bits per heavy atom. The Morgan fingerprint density at radius 2 is 1.61 bits per heavy atom. The smallest absolute Gasteiger partial charge is 0.251 e.